The molecule has 0 bridgehead atoms. The lowest BCUT2D eigenvalue weighted by molar-refractivity contribution is -0.935. The molecular formula is C10H21BrNO+. The molecule has 0 aromatic heterocycles. The van der Waals surface area contributed by atoms with Crippen molar-refractivity contribution < 1.29 is 9.59 Å². The van der Waals surface area contributed by atoms with E-state index in [1.54, 1.807) is 0 Å². The lowest BCUT2D eigenvalue weighted by Gasteiger charge is -2.38. The van der Waals surface area contributed by atoms with Crippen LogP contribution in [-0.4, -0.2) is 46.2 Å². The molecule has 2 atom stereocenters. The molecule has 0 radical (unpaired) electrons. The molecule has 1 aliphatic heterocycles. The molecular weight excluding hydrogens is 230 g/mol. The summed E-state index contributed by atoms with van der Waals surface area (Å²) in [6.07, 6.45) is 0.930. The summed E-state index contributed by atoms with van der Waals surface area (Å²) in [5, 5.41) is 11.1. The van der Waals surface area contributed by atoms with E-state index in [1.165, 1.54) is 0 Å². The maximum atomic E-state index is 10.1. The summed E-state index contributed by atoms with van der Waals surface area (Å²) in [5.41, 5.74) is -0.454. The molecule has 13 heavy (non-hydrogen) atoms. The summed E-state index contributed by atoms with van der Waals surface area (Å²) in [5.74, 6) is 0. The van der Waals surface area contributed by atoms with Crippen LogP contribution in [0.15, 0.2) is 0 Å². The maximum Gasteiger partial charge on any atom is 0.116 e. The molecule has 0 aromatic rings. The normalized spacial score (nSPS) is 38.1. The van der Waals surface area contributed by atoms with Crippen LogP contribution in [0.2, 0.25) is 0 Å². The lowest BCUT2D eigenvalue weighted by atomic mass is 10.0. The molecule has 1 saturated heterocycles. The number of nitrogens with zero attached hydrogens (tertiary/aromatic N) is 1. The van der Waals surface area contributed by atoms with E-state index in [9.17, 15) is 5.11 Å². The first kappa shape index (κ1) is 11.5. The SMILES string of the molecule is CC[N+]1(CC)CC(C)(O)CC1CBr. The van der Waals surface area contributed by atoms with E-state index in [0.717, 1.165) is 35.9 Å². The van der Waals surface area contributed by atoms with Crippen molar-refractivity contribution in [3.8, 4) is 0 Å². The van der Waals surface area contributed by atoms with Crippen molar-refractivity contribution in [3.63, 3.8) is 0 Å². The highest BCUT2D eigenvalue weighted by atomic mass is 79.9. The molecule has 1 rings (SSSR count). The van der Waals surface area contributed by atoms with Crippen LogP contribution >= 0.6 is 15.9 Å². The Balaban J connectivity index is 2.83. The van der Waals surface area contributed by atoms with Gasteiger partial charge in [-0.3, -0.25) is 0 Å². The molecule has 1 fully saturated rings. The van der Waals surface area contributed by atoms with Gasteiger partial charge < -0.3 is 9.59 Å². The van der Waals surface area contributed by atoms with Gasteiger partial charge in [0.05, 0.1) is 18.4 Å². The van der Waals surface area contributed by atoms with E-state index in [1.807, 2.05) is 6.92 Å². The number of halogens is 1. The first-order valence-electron chi connectivity index (χ1n) is 5.14. The lowest BCUT2D eigenvalue weighted by Crippen LogP contribution is -2.53. The zero-order valence-corrected chi connectivity index (χ0v) is 10.5. The molecule has 0 saturated carbocycles. The number of quaternary nitrogens is 1. The minimum atomic E-state index is -0.454. The monoisotopic (exact) mass is 250 g/mol. The zero-order valence-electron chi connectivity index (χ0n) is 8.89. The molecule has 1 heterocycles. The van der Waals surface area contributed by atoms with Crippen LogP contribution < -0.4 is 0 Å². The summed E-state index contributed by atoms with van der Waals surface area (Å²) >= 11 is 3.56. The minimum absolute atomic E-state index is 0.454. The minimum Gasteiger partial charge on any atom is -0.384 e. The second kappa shape index (κ2) is 3.87. The standard InChI is InChI=1S/C10H21BrNO/c1-4-12(5-2)8-10(3,13)6-9(12)7-11/h9,13H,4-8H2,1-3H3/q+1. The maximum absolute atomic E-state index is 10.1. The van der Waals surface area contributed by atoms with Crippen LogP contribution in [0.25, 0.3) is 0 Å². The fourth-order valence-corrected chi connectivity index (χ4v) is 3.58. The Kier molecular flexibility index (Phi) is 3.42. The number of alkyl halides is 1. The number of hydrogen-bond acceptors (Lipinski definition) is 1. The van der Waals surface area contributed by atoms with E-state index < -0.39 is 5.60 Å². The summed E-state index contributed by atoms with van der Waals surface area (Å²) < 4.78 is 1.07. The second-order valence-corrected chi connectivity index (χ2v) is 5.17. The molecule has 0 spiro atoms. The third-order valence-corrected chi connectivity index (χ3v) is 4.29. The van der Waals surface area contributed by atoms with Gasteiger partial charge in [0.1, 0.15) is 18.2 Å². The molecule has 3 heteroatoms. The number of rotatable bonds is 3. The van der Waals surface area contributed by atoms with E-state index in [0.29, 0.717) is 6.04 Å². The summed E-state index contributed by atoms with van der Waals surface area (Å²) in [7, 11) is 0. The second-order valence-electron chi connectivity index (χ2n) is 4.52. The van der Waals surface area contributed by atoms with Crippen molar-refractivity contribution in [3.05, 3.63) is 0 Å². The van der Waals surface area contributed by atoms with Crippen molar-refractivity contribution in [2.24, 2.45) is 0 Å². The Labute approximate surface area is 89.6 Å². The van der Waals surface area contributed by atoms with E-state index in [-0.39, 0.29) is 0 Å². The van der Waals surface area contributed by atoms with Gasteiger partial charge >= 0.3 is 0 Å². The van der Waals surface area contributed by atoms with Gasteiger partial charge in [-0.25, -0.2) is 0 Å². The quantitative estimate of drug-likeness (QED) is 0.598. The predicted molar refractivity (Wildman–Crippen MR) is 59.0 cm³/mol. The summed E-state index contributed by atoms with van der Waals surface area (Å²) in [4.78, 5) is 0. The average Bonchev–Trinajstić information content (AvgIpc) is 2.37. The molecule has 1 aliphatic rings. The Morgan fingerprint density at radius 1 is 1.46 bits per heavy atom. The van der Waals surface area contributed by atoms with Crippen LogP contribution in [0.4, 0.5) is 0 Å². The van der Waals surface area contributed by atoms with Gasteiger partial charge in [-0.1, -0.05) is 15.9 Å². The van der Waals surface area contributed by atoms with Gasteiger partial charge in [0.25, 0.3) is 0 Å². The highest BCUT2D eigenvalue weighted by molar-refractivity contribution is 9.09. The van der Waals surface area contributed by atoms with E-state index in [4.69, 9.17) is 0 Å². The van der Waals surface area contributed by atoms with E-state index in [2.05, 4.69) is 29.8 Å². The number of likely N-dealkylation sites (N-methyl/N-ethyl adjacent to an activating group) is 1. The highest BCUT2D eigenvalue weighted by Crippen LogP contribution is 2.34. The first-order valence-corrected chi connectivity index (χ1v) is 6.26. The molecule has 0 aromatic carbocycles. The molecule has 0 amide bonds. The van der Waals surface area contributed by atoms with Gasteiger partial charge in [-0.05, 0) is 20.8 Å². The molecule has 1 N–H and O–H groups in total. The molecule has 2 unspecified atom stereocenters. The predicted octanol–water partition coefficient (Wildman–Crippen LogP) is 1.76. The third-order valence-electron chi connectivity index (χ3n) is 3.54. The van der Waals surface area contributed by atoms with Crippen LogP contribution in [0.5, 0.6) is 0 Å². The van der Waals surface area contributed by atoms with Crippen molar-refractivity contribution in [2.45, 2.75) is 38.8 Å². The fourth-order valence-electron chi connectivity index (χ4n) is 2.74. The van der Waals surface area contributed by atoms with Crippen LogP contribution in [0.1, 0.15) is 27.2 Å². The largest absolute Gasteiger partial charge is 0.384 e. The smallest absolute Gasteiger partial charge is 0.116 e. The van der Waals surface area contributed by atoms with Crippen molar-refractivity contribution in [1.82, 2.24) is 0 Å². The van der Waals surface area contributed by atoms with Crippen molar-refractivity contribution in [2.75, 3.05) is 25.0 Å². The summed E-state index contributed by atoms with van der Waals surface area (Å²) in [6.45, 7) is 9.58. The number of hydrogen-bond donors (Lipinski definition) is 1. The zero-order chi connectivity index (χ0) is 10.1. The van der Waals surface area contributed by atoms with Crippen molar-refractivity contribution in [1.29, 1.82) is 0 Å². The highest BCUT2D eigenvalue weighted by Gasteiger charge is 2.49. The average molecular weight is 251 g/mol. The third kappa shape index (κ3) is 2.08. The van der Waals surface area contributed by atoms with Gasteiger partial charge in [-0.2, -0.15) is 0 Å². The Hall–Kier alpha value is 0.400. The Morgan fingerprint density at radius 2 is 2.00 bits per heavy atom. The molecule has 2 nitrogen and oxygen atoms in total. The van der Waals surface area contributed by atoms with Crippen LogP contribution in [-0.2, 0) is 0 Å². The Morgan fingerprint density at radius 3 is 2.31 bits per heavy atom. The van der Waals surface area contributed by atoms with Gasteiger partial charge in [0.2, 0.25) is 0 Å². The Bertz CT molecular complexity index is 178. The number of aliphatic hydroxyl groups is 1. The van der Waals surface area contributed by atoms with E-state index >= 15 is 0 Å². The molecule has 0 aliphatic carbocycles. The van der Waals surface area contributed by atoms with Gasteiger partial charge in [-0.15, -0.1) is 0 Å². The number of likely N-dealkylation sites (tertiary alicyclic amines) is 1. The fraction of sp³-hybridized carbons (Fsp3) is 1.00. The topological polar surface area (TPSA) is 20.2 Å². The molecule has 78 valence electrons. The first-order chi connectivity index (χ1) is 5.99. The van der Waals surface area contributed by atoms with Crippen LogP contribution in [0, 0.1) is 0 Å². The van der Waals surface area contributed by atoms with Gasteiger partial charge in [0.15, 0.2) is 0 Å². The summed E-state index contributed by atoms with van der Waals surface area (Å²) in [6, 6.07) is 0.588. The van der Waals surface area contributed by atoms with Gasteiger partial charge in [0, 0.05) is 6.42 Å². The van der Waals surface area contributed by atoms with Crippen LogP contribution in [0.3, 0.4) is 0 Å². The van der Waals surface area contributed by atoms with Crippen molar-refractivity contribution >= 4 is 15.9 Å².